The van der Waals surface area contributed by atoms with Crippen molar-refractivity contribution in [2.24, 2.45) is 0 Å². The van der Waals surface area contributed by atoms with Gasteiger partial charge in [-0.2, -0.15) is 0 Å². The second-order valence-corrected chi connectivity index (χ2v) is 6.99. The Morgan fingerprint density at radius 3 is 2.09 bits per heavy atom. The number of esters is 2. The monoisotopic (exact) mass is 448 g/mol. The van der Waals surface area contributed by atoms with Crippen molar-refractivity contribution in [3.05, 3.63) is 116 Å². The maximum Gasteiger partial charge on any atom is 0.343 e. The number of hydrogen-bond donors (Lipinski definition) is 0. The Hall–Kier alpha value is -3.86. The van der Waals surface area contributed by atoms with E-state index in [4.69, 9.17) is 14.2 Å². The van der Waals surface area contributed by atoms with E-state index in [1.165, 1.54) is 0 Å². The summed E-state index contributed by atoms with van der Waals surface area (Å²) in [7, 11) is 0. The Morgan fingerprint density at radius 2 is 1.45 bits per heavy atom. The molecule has 0 spiro atoms. The molecule has 0 bridgehead atoms. The average Bonchev–Trinajstić information content (AvgIpc) is 2.82. The highest BCUT2D eigenvalue weighted by molar-refractivity contribution is 5.90. The molecule has 33 heavy (non-hydrogen) atoms. The van der Waals surface area contributed by atoms with Gasteiger partial charge in [-0.05, 0) is 67.2 Å². The van der Waals surface area contributed by atoms with Gasteiger partial charge in [-0.25, -0.2) is 9.59 Å². The maximum absolute atomic E-state index is 12.3. The lowest BCUT2D eigenvalue weighted by Gasteiger charge is -2.08. The minimum Gasteiger partial charge on any atom is -0.494 e. The van der Waals surface area contributed by atoms with Crippen LogP contribution in [-0.4, -0.2) is 25.2 Å². The Labute approximate surface area is 196 Å². The lowest BCUT2D eigenvalue weighted by atomic mass is 10.1. The maximum atomic E-state index is 12.3. The Kier molecular flexibility index (Phi) is 13.1. The van der Waals surface area contributed by atoms with Crippen molar-refractivity contribution in [1.29, 1.82) is 0 Å². The zero-order chi connectivity index (χ0) is 24.5. The Morgan fingerprint density at radius 1 is 0.818 bits per heavy atom. The summed E-state index contributed by atoms with van der Waals surface area (Å²) in [6.07, 6.45) is 13.2. The average molecular weight is 449 g/mol. The van der Waals surface area contributed by atoms with Crippen LogP contribution in [0.2, 0.25) is 0 Å². The predicted molar refractivity (Wildman–Crippen MR) is 133 cm³/mol. The molecule has 1 rings (SSSR count). The van der Waals surface area contributed by atoms with Gasteiger partial charge in [-0.1, -0.05) is 57.2 Å². The largest absolute Gasteiger partial charge is 0.494 e. The number of hydrogen-bond acceptors (Lipinski definition) is 5. The lowest BCUT2D eigenvalue weighted by molar-refractivity contribution is -0.137. The molecule has 0 aliphatic carbocycles. The van der Waals surface area contributed by atoms with Gasteiger partial charge in [0.2, 0.25) is 0 Å². The van der Waals surface area contributed by atoms with E-state index in [-0.39, 0.29) is 5.76 Å². The van der Waals surface area contributed by atoms with E-state index in [1.54, 1.807) is 54.6 Å². The van der Waals surface area contributed by atoms with Crippen LogP contribution in [0.4, 0.5) is 0 Å². The SMILES string of the molecule is C=C/C=C\C(=C)C(=C)/C=C\C(=C)OC(=O)c1ccc(OCCCCCCOC(=O)C=C)cc1. The fourth-order valence-corrected chi connectivity index (χ4v) is 2.47. The fourth-order valence-electron chi connectivity index (χ4n) is 2.47. The minimum absolute atomic E-state index is 0.196. The van der Waals surface area contributed by atoms with Crippen molar-refractivity contribution in [1.82, 2.24) is 0 Å². The molecule has 0 N–H and O–H groups in total. The molecule has 0 heterocycles. The van der Waals surface area contributed by atoms with Crippen LogP contribution in [0, 0.1) is 0 Å². The number of allylic oxidation sites excluding steroid dienone is 7. The summed E-state index contributed by atoms with van der Waals surface area (Å²) in [4.78, 5) is 23.2. The Balaban J connectivity index is 2.33. The molecule has 1 aromatic carbocycles. The molecule has 0 saturated heterocycles. The van der Waals surface area contributed by atoms with Crippen molar-refractivity contribution >= 4 is 11.9 Å². The highest BCUT2D eigenvalue weighted by Gasteiger charge is 2.08. The fraction of sp³-hybridized carbons (Fsp3) is 0.214. The van der Waals surface area contributed by atoms with Gasteiger partial charge in [0.1, 0.15) is 11.5 Å². The molecule has 0 atom stereocenters. The zero-order valence-electron chi connectivity index (χ0n) is 19.1. The lowest BCUT2D eigenvalue weighted by Crippen LogP contribution is -2.04. The van der Waals surface area contributed by atoms with Crippen LogP contribution >= 0.6 is 0 Å². The van der Waals surface area contributed by atoms with Gasteiger partial charge < -0.3 is 14.2 Å². The molecule has 0 saturated carbocycles. The first-order chi connectivity index (χ1) is 15.9. The summed E-state index contributed by atoms with van der Waals surface area (Å²) < 4.78 is 15.9. The van der Waals surface area contributed by atoms with E-state index in [2.05, 4.69) is 32.9 Å². The molecular weight excluding hydrogens is 416 g/mol. The summed E-state index contributed by atoms with van der Waals surface area (Å²) in [5, 5.41) is 0. The number of ether oxygens (including phenoxy) is 3. The van der Waals surface area contributed by atoms with Crippen LogP contribution in [0.15, 0.2) is 111 Å². The molecule has 0 amide bonds. The standard InChI is InChI=1S/C28H32O5/c1-6-8-13-22(3)23(4)14-15-24(5)33-28(30)25-16-18-26(19-17-25)31-20-11-9-10-12-21-32-27(29)7-2/h6-8,13-19H,1-5,9-12,20-21H2/b13-8-,15-14-. The molecule has 0 radical (unpaired) electrons. The quantitative estimate of drug-likeness (QED) is 0.0958. The van der Waals surface area contributed by atoms with E-state index in [1.807, 2.05) is 0 Å². The third-order valence-corrected chi connectivity index (χ3v) is 4.35. The molecule has 0 unspecified atom stereocenters. The first-order valence-electron chi connectivity index (χ1n) is 10.7. The molecule has 0 aromatic heterocycles. The minimum atomic E-state index is -0.510. The third kappa shape index (κ3) is 11.9. The van der Waals surface area contributed by atoms with Crippen LogP contribution in [0.1, 0.15) is 36.0 Å². The number of benzene rings is 1. The van der Waals surface area contributed by atoms with Gasteiger partial charge in [-0.15, -0.1) is 0 Å². The molecule has 5 heteroatoms. The smallest absolute Gasteiger partial charge is 0.343 e. The number of carbonyl (C=O) groups excluding carboxylic acids is 2. The van der Waals surface area contributed by atoms with Crippen LogP contribution in [0.25, 0.3) is 0 Å². The van der Waals surface area contributed by atoms with Crippen LogP contribution in [0.3, 0.4) is 0 Å². The van der Waals surface area contributed by atoms with E-state index in [9.17, 15) is 9.59 Å². The van der Waals surface area contributed by atoms with Crippen molar-refractivity contribution in [2.45, 2.75) is 25.7 Å². The summed E-state index contributed by atoms with van der Waals surface area (Å²) in [6.45, 7) is 19.4. The zero-order valence-corrected chi connectivity index (χ0v) is 19.1. The summed E-state index contributed by atoms with van der Waals surface area (Å²) in [5.74, 6) is -0.0330. The van der Waals surface area contributed by atoms with Crippen molar-refractivity contribution < 1.29 is 23.8 Å². The van der Waals surface area contributed by atoms with Crippen LogP contribution in [0.5, 0.6) is 5.75 Å². The summed E-state index contributed by atoms with van der Waals surface area (Å²) in [6, 6.07) is 6.73. The molecular formula is C28H32O5. The second kappa shape index (κ2) is 15.9. The van der Waals surface area contributed by atoms with Gasteiger partial charge in [0, 0.05) is 6.08 Å². The summed E-state index contributed by atoms with van der Waals surface area (Å²) >= 11 is 0. The predicted octanol–water partition coefficient (Wildman–Crippen LogP) is 6.44. The van der Waals surface area contributed by atoms with Gasteiger partial charge in [-0.3, -0.25) is 0 Å². The highest BCUT2D eigenvalue weighted by Crippen LogP contribution is 2.16. The van der Waals surface area contributed by atoms with Crippen molar-refractivity contribution in [2.75, 3.05) is 13.2 Å². The molecule has 1 aromatic rings. The van der Waals surface area contributed by atoms with Gasteiger partial charge >= 0.3 is 11.9 Å². The van der Waals surface area contributed by atoms with E-state index in [0.29, 0.717) is 30.1 Å². The van der Waals surface area contributed by atoms with Crippen LogP contribution < -0.4 is 4.74 Å². The van der Waals surface area contributed by atoms with Crippen molar-refractivity contribution in [3.8, 4) is 5.75 Å². The molecule has 0 aliphatic heterocycles. The number of unbranched alkanes of at least 4 members (excludes halogenated alkanes) is 3. The number of carbonyl (C=O) groups is 2. The van der Waals surface area contributed by atoms with Gasteiger partial charge in [0.25, 0.3) is 0 Å². The van der Waals surface area contributed by atoms with Crippen molar-refractivity contribution in [3.63, 3.8) is 0 Å². The second-order valence-electron chi connectivity index (χ2n) is 6.99. The number of rotatable bonds is 16. The van der Waals surface area contributed by atoms with E-state index < -0.39 is 11.9 Å². The molecule has 5 nitrogen and oxygen atoms in total. The topological polar surface area (TPSA) is 61.8 Å². The van der Waals surface area contributed by atoms with E-state index >= 15 is 0 Å². The first kappa shape index (κ1) is 27.2. The first-order valence-corrected chi connectivity index (χ1v) is 10.7. The molecule has 0 aliphatic rings. The molecule has 174 valence electrons. The van der Waals surface area contributed by atoms with E-state index in [0.717, 1.165) is 37.3 Å². The van der Waals surface area contributed by atoms with Gasteiger partial charge in [0.05, 0.1) is 18.8 Å². The third-order valence-electron chi connectivity index (χ3n) is 4.35. The molecule has 0 fully saturated rings. The summed E-state index contributed by atoms with van der Waals surface area (Å²) in [5.41, 5.74) is 1.78. The highest BCUT2D eigenvalue weighted by atomic mass is 16.5. The van der Waals surface area contributed by atoms with Gasteiger partial charge in [0.15, 0.2) is 0 Å². The van der Waals surface area contributed by atoms with Crippen LogP contribution in [-0.2, 0) is 14.3 Å². The Bertz CT molecular complexity index is 916. The normalized spacial score (nSPS) is 10.5.